The van der Waals surface area contributed by atoms with Crippen molar-refractivity contribution in [1.82, 2.24) is 0 Å². The summed E-state index contributed by atoms with van der Waals surface area (Å²) in [6.07, 6.45) is 18.0. The second-order valence-electron chi connectivity index (χ2n) is 7.94. The average Bonchev–Trinajstić information content (AvgIpc) is 2.80. The summed E-state index contributed by atoms with van der Waals surface area (Å²) >= 11 is 0. The van der Waals surface area contributed by atoms with E-state index in [0.29, 0.717) is 5.56 Å². The molecule has 1 N–H and O–H groups in total. The molecule has 0 unspecified atom stereocenters. The Kier molecular flexibility index (Phi) is 15.9. The monoisotopic (exact) mass is 429 g/mol. The highest BCUT2D eigenvalue weighted by atomic mass is 16.5. The third-order valence-electron chi connectivity index (χ3n) is 5.32. The molecule has 0 amide bonds. The molecule has 0 aliphatic carbocycles. The van der Waals surface area contributed by atoms with Crippen molar-refractivity contribution in [2.75, 3.05) is 6.61 Å². The highest BCUT2D eigenvalue weighted by Gasteiger charge is 2.22. The molecule has 1 rings (SSSR count). The predicted molar refractivity (Wildman–Crippen MR) is 126 cm³/mol. The molecule has 6 nitrogen and oxygen atoms in total. The third kappa shape index (κ3) is 12.9. The Balaban J connectivity index is 2.32. The summed E-state index contributed by atoms with van der Waals surface area (Å²) in [5.41, 5.74) is 9.15. The van der Waals surface area contributed by atoms with E-state index in [1.165, 1.54) is 64.2 Å². The van der Waals surface area contributed by atoms with Crippen molar-refractivity contribution in [1.29, 1.82) is 0 Å². The zero-order valence-corrected chi connectivity index (χ0v) is 19.0. The molecule has 0 aromatic heterocycles. The Morgan fingerprint density at radius 1 is 1.03 bits per heavy atom. The number of nitrogens with zero attached hydrogens (tertiary/aromatic N) is 3. The highest BCUT2D eigenvalue weighted by molar-refractivity contribution is 5.89. The van der Waals surface area contributed by atoms with E-state index >= 15 is 0 Å². The topological polar surface area (TPSA) is 95.3 Å². The summed E-state index contributed by atoms with van der Waals surface area (Å²) in [6.45, 7) is 1.86. The fourth-order valence-corrected chi connectivity index (χ4v) is 3.44. The fourth-order valence-electron chi connectivity index (χ4n) is 3.44. The molecule has 6 heteroatoms. The van der Waals surface area contributed by atoms with Gasteiger partial charge in [0, 0.05) is 4.91 Å². The Morgan fingerprint density at radius 3 is 2.16 bits per heavy atom. The van der Waals surface area contributed by atoms with Gasteiger partial charge in [0.1, 0.15) is 12.1 Å². The van der Waals surface area contributed by atoms with Crippen LogP contribution in [0.2, 0.25) is 0 Å². The zero-order valence-electron chi connectivity index (χ0n) is 19.0. The second kappa shape index (κ2) is 18.5. The zero-order chi connectivity index (χ0) is 22.6. The van der Waals surface area contributed by atoms with Crippen LogP contribution in [-0.4, -0.2) is 29.8 Å². The first-order valence-electron chi connectivity index (χ1n) is 11.8. The van der Waals surface area contributed by atoms with Crippen LogP contribution in [0.15, 0.2) is 47.6 Å². The first-order chi connectivity index (χ1) is 15.2. The minimum atomic E-state index is -0.841. The standard InChI is InChI=1S/C25H39N3O3/c1-2-3-4-5-6-7-8-9-10-11-12-13-17-20-24(23(21-29)27-28-26)31-25(30)22-18-15-14-16-19-22/h14-20,23-24,29H,2-13,21H2,1H3/b20-17+/t23-,24-/m1/s1. The molecule has 0 spiro atoms. The van der Waals surface area contributed by atoms with E-state index in [0.717, 1.165) is 12.8 Å². The number of benzene rings is 1. The minimum Gasteiger partial charge on any atom is -0.454 e. The van der Waals surface area contributed by atoms with E-state index in [2.05, 4.69) is 16.9 Å². The van der Waals surface area contributed by atoms with Crippen molar-refractivity contribution in [2.45, 2.75) is 96.1 Å². The average molecular weight is 430 g/mol. The summed E-state index contributed by atoms with van der Waals surface area (Å²) in [5, 5.41) is 13.1. The van der Waals surface area contributed by atoms with E-state index < -0.39 is 18.1 Å². The normalized spacial score (nSPS) is 13.0. The van der Waals surface area contributed by atoms with Crippen LogP contribution in [0.3, 0.4) is 0 Å². The Morgan fingerprint density at radius 2 is 1.61 bits per heavy atom. The molecule has 0 radical (unpaired) electrons. The van der Waals surface area contributed by atoms with Crippen LogP contribution in [-0.2, 0) is 4.74 Å². The fraction of sp³-hybridized carbons (Fsp3) is 0.640. The van der Waals surface area contributed by atoms with Gasteiger partial charge in [-0.15, -0.1) is 0 Å². The maximum absolute atomic E-state index is 12.3. The molecule has 172 valence electrons. The summed E-state index contributed by atoms with van der Waals surface area (Å²) < 4.78 is 5.50. The number of aliphatic hydroxyl groups excluding tert-OH is 1. The van der Waals surface area contributed by atoms with E-state index in [1.807, 2.05) is 12.1 Å². The van der Waals surface area contributed by atoms with Gasteiger partial charge in [-0.1, -0.05) is 101 Å². The number of carbonyl (C=O) groups excluding carboxylic acids is 1. The lowest BCUT2D eigenvalue weighted by molar-refractivity contribution is 0.0304. The van der Waals surface area contributed by atoms with Crippen LogP contribution in [0.1, 0.15) is 94.3 Å². The Hall–Kier alpha value is -2.30. The van der Waals surface area contributed by atoms with Gasteiger partial charge in [0.2, 0.25) is 0 Å². The number of hydrogen-bond acceptors (Lipinski definition) is 4. The molecule has 0 fully saturated rings. The molecule has 31 heavy (non-hydrogen) atoms. The minimum absolute atomic E-state index is 0.389. The molecule has 1 aromatic rings. The number of unbranched alkanes of at least 4 members (excludes halogenated alkanes) is 11. The van der Waals surface area contributed by atoms with Gasteiger partial charge in [-0.05, 0) is 36.6 Å². The van der Waals surface area contributed by atoms with Crippen molar-refractivity contribution in [3.8, 4) is 0 Å². The molecule has 1 aromatic carbocycles. The van der Waals surface area contributed by atoms with Crippen molar-refractivity contribution in [3.63, 3.8) is 0 Å². The number of hydrogen-bond donors (Lipinski definition) is 1. The Bertz CT molecular complexity index is 657. The van der Waals surface area contributed by atoms with Gasteiger partial charge in [0.25, 0.3) is 0 Å². The van der Waals surface area contributed by atoms with Crippen molar-refractivity contribution >= 4 is 5.97 Å². The first kappa shape index (κ1) is 26.7. The summed E-state index contributed by atoms with van der Waals surface area (Å²) in [7, 11) is 0. The molecule has 2 atom stereocenters. The highest BCUT2D eigenvalue weighted by Crippen LogP contribution is 2.14. The number of ether oxygens (including phenoxy) is 1. The van der Waals surface area contributed by atoms with Gasteiger partial charge < -0.3 is 9.84 Å². The van der Waals surface area contributed by atoms with Gasteiger partial charge in [0.05, 0.1) is 12.2 Å². The lowest BCUT2D eigenvalue weighted by Crippen LogP contribution is -2.31. The number of azide groups is 1. The van der Waals surface area contributed by atoms with E-state index in [9.17, 15) is 9.90 Å². The molecule has 0 aliphatic heterocycles. The maximum Gasteiger partial charge on any atom is 0.338 e. The van der Waals surface area contributed by atoms with Crippen LogP contribution in [0, 0.1) is 0 Å². The van der Waals surface area contributed by atoms with Crippen molar-refractivity contribution < 1.29 is 14.6 Å². The van der Waals surface area contributed by atoms with Gasteiger partial charge in [-0.3, -0.25) is 0 Å². The maximum atomic E-state index is 12.3. The number of rotatable bonds is 18. The molecule has 0 saturated heterocycles. The number of allylic oxidation sites excluding steroid dienone is 1. The molecule has 0 heterocycles. The quantitative estimate of drug-likeness (QED) is 0.0670. The SMILES string of the molecule is CCCCCCCCCCCCC/C=C/[C@@H](OC(=O)c1ccccc1)[C@@H](CO)N=[N+]=[N-]. The van der Waals surface area contributed by atoms with Crippen molar-refractivity contribution in [2.24, 2.45) is 5.11 Å². The first-order valence-corrected chi connectivity index (χ1v) is 11.8. The van der Waals surface area contributed by atoms with E-state index in [4.69, 9.17) is 10.3 Å². The van der Waals surface area contributed by atoms with Crippen LogP contribution in [0.25, 0.3) is 10.4 Å². The van der Waals surface area contributed by atoms with Gasteiger partial charge in [-0.25, -0.2) is 4.79 Å². The Labute approximate surface area is 187 Å². The molecular weight excluding hydrogens is 390 g/mol. The van der Waals surface area contributed by atoms with Crippen molar-refractivity contribution in [3.05, 3.63) is 58.5 Å². The van der Waals surface area contributed by atoms with Crippen LogP contribution in [0.5, 0.6) is 0 Å². The van der Waals surface area contributed by atoms with Crippen LogP contribution < -0.4 is 0 Å². The largest absolute Gasteiger partial charge is 0.454 e. The molecular formula is C25H39N3O3. The molecule has 0 bridgehead atoms. The van der Waals surface area contributed by atoms with Gasteiger partial charge >= 0.3 is 5.97 Å². The van der Waals surface area contributed by atoms with Crippen LogP contribution >= 0.6 is 0 Å². The molecule has 0 saturated carbocycles. The number of esters is 1. The summed E-state index contributed by atoms with van der Waals surface area (Å²) in [5.74, 6) is -0.503. The summed E-state index contributed by atoms with van der Waals surface area (Å²) in [4.78, 5) is 15.1. The number of aliphatic hydroxyl groups is 1. The number of carbonyl (C=O) groups is 1. The van der Waals surface area contributed by atoms with Gasteiger partial charge in [0.15, 0.2) is 0 Å². The van der Waals surface area contributed by atoms with E-state index in [1.54, 1.807) is 30.3 Å². The van der Waals surface area contributed by atoms with Gasteiger partial charge in [-0.2, -0.15) is 0 Å². The lowest BCUT2D eigenvalue weighted by Gasteiger charge is -2.19. The van der Waals surface area contributed by atoms with E-state index in [-0.39, 0.29) is 6.61 Å². The third-order valence-corrected chi connectivity index (χ3v) is 5.32. The van der Waals surface area contributed by atoms with Crippen LogP contribution in [0.4, 0.5) is 0 Å². The summed E-state index contributed by atoms with van der Waals surface area (Å²) in [6, 6.07) is 7.81. The smallest absolute Gasteiger partial charge is 0.338 e. The predicted octanol–water partition coefficient (Wildman–Crippen LogP) is 7.14. The molecule has 0 aliphatic rings. The second-order valence-corrected chi connectivity index (χ2v) is 7.94. The lowest BCUT2D eigenvalue weighted by atomic mass is 10.0.